The van der Waals surface area contributed by atoms with E-state index in [4.69, 9.17) is 9.47 Å². The van der Waals surface area contributed by atoms with Gasteiger partial charge < -0.3 is 24.6 Å². The van der Waals surface area contributed by atoms with E-state index in [1.165, 1.54) is 28.1 Å². The quantitative estimate of drug-likeness (QED) is 0.219. The summed E-state index contributed by atoms with van der Waals surface area (Å²) in [6.45, 7) is 3.07. The molecule has 3 aliphatic rings. The van der Waals surface area contributed by atoms with Crippen LogP contribution in [0.1, 0.15) is 42.7 Å². The van der Waals surface area contributed by atoms with Crippen LogP contribution in [-0.2, 0) is 37.0 Å². The number of rotatable bonds is 8. The van der Waals surface area contributed by atoms with Crippen LogP contribution in [0.15, 0.2) is 41.4 Å². The standard InChI is InChI=1S/C28H29N3O9S2/c1-14(32)19-22-28(2,9-10-39-27(36)40-17-8-7-15-5-4-6-16(15)11-17)20(21(26(34)35)31(22)24(19)33)18-12-30-13-29-23(25(30)41-18)42(3,37)38/h7-8,11-14,19,22,32H,4-6,9-10H2,1-3H3,(H,34,35)/t14-,19-,22-,28+/m1/s1. The number of nitrogens with zero attached hydrogens (tertiary/aromatic N) is 3. The van der Waals surface area contributed by atoms with Crippen LogP contribution in [0.5, 0.6) is 5.75 Å². The lowest BCUT2D eigenvalue weighted by Gasteiger charge is -2.50. The first kappa shape index (κ1) is 28.4. The molecule has 2 N–H and O–H groups in total. The monoisotopic (exact) mass is 615 g/mol. The van der Waals surface area contributed by atoms with Gasteiger partial charge in [-0.15, -0.1) is 11.3 Å². The van der Waals surface area contributed by atoms with E-state index in [1.54, 1.807) is 19.2 Å². The zero-order chi connectivity index (χ0) is 30.1. The molecule has 4 heterocycles. The van der Waals surface area contributed by atoms with Crippen molar-refractivity contribution >= 4 is 49.6 Å². The summed E-state index contributed by atoms with van der Waals surface area (Å²) < 4.78 is 36.9. The maximum absolute atomic E-state index is 13.1. The number of hydrogen-bond donors (Lipinski definition) is 2. The van der Waals surface area contributed by atoms with Gasteiger partial charge in [-0.2, -0.15) is 0 Å². The highest BCUT2D eigenvalue weighted by atomic mass is 32.2. The molecule has 1 saturated heterocycles. The predicted octanol–water partition coefficient (Wildman–Crippen LogP) is 2.92. The Hall–Kier alpha value is -3.75. The fourth-order valence-corrected chi connectivity index (χ4v) is 8.96. The van der Waals surface area contributed by atoms with Gasteiger partial charge in [0.25, 0.3) is 0 Å². The molecule has 3 aromatic rings. The van der Waals surface area contributed by atoms with E-state index in [-0.39, 0.29) is 23.8 Å². The van der Waals surface area contributed by atoms with Gasteiger partial charge in [-0.25, -0.2) is 23.0 Å². The molecule has 0 bridgehead atoms. The molecular weight excluding hydrogens is 586 g/mol. The second kappa shape index (κ2) is 9.92. The number of aliphatic hydroxyl groups is 1. The van der Waals surface area contributed by atoms with Crippen LogP contribution in [0, 0.1) is 11.3 Å². The van der Waals surface area contributed by atoms with Crippen LogP contribution in [0.3, 0.4) is 0 Å². The maximum Gasteiger partial charge on any atom is 0.513 e. The predicted molar refractivity (Wildman–Crippen MR) is 150 cm³/mol. The highest BCUT2D eigenvalue weighted by Gasteiger charge is 2.66. The number of ether oxygens (including phenoxy) is 2. The Balaban J connectivity index is 1.32. The normalized spacial score (nSPS) is 24.0. The van der Waals surface area contributed by atoms with Gasteiger partial charge in [-0.3, -0.25) is 9.20 Å². The van der Waals surface area contributed by atoms with Crippen LogP contribution in [-0.4, -0.2) is 76.0 Å². The highest BCUT2D eigenvalue weighted by molar-refractivity contribution is 7.91. The Bertz CT molecular complexity index is 1790. The van der Waals surface area contributed by atoms with Crippen molar-refractivity contribution in [2.75, 3.05) is 12.9 Å². The van der Waals surface area contributed by atoms with Crippen molar-refractivity contribution in [1.29, 1.82) is 0 Å². The first-order valence-electron chi connectivity index (χ1n) is 13.4. The molecule has 1 aliphatic carbocycles. The molecule has 1 fully saturated rings. The van der Waals surface area contributed by atoms with Gasteiger partial charge in [0.15, 0.2) is 14.9 Å². The number of aliphatic carboxylic acids is 1. The Kier molecular flexibility index (Phi) is 6.70. The van der Waals surface area contributed by atoms with Gasteiger partial charge in [-0.05, 0) is 55.9 Å². The number of hydrogen-bond acceptors (Lipinski definition) is 10. The Morgan fingerprint density at radius 1 is 1.26 bits per heavy atom. The van der Waals surface area contributed by atoms with E-state index >= 15 is 0 Å². The van der Waals surface area contributed by atoms with E-state index in [2.05, 4.69) is 4.98 Å². The zero-order valence-corrected chi connectivity index (χ0v) is 24.7. The lowest BCUT2D eigenvalue weighted by molar-refractivity contribution is -0.167. The Labute approximate surface area is 245 Å². The molecule has 14 heteroatoms. The van der Waals surface area contributed by atoms with Crippen molar-refractivity contribution in [3.8, 4) is 5.75 Å². The van der Waals surface area contributed by atoms with Gasteiger partial charge in [-0.1, -0.05) is 13.0 Å². The number of thiazole rings is 1. The average molecular weight is 616 g/mol. The van der Waals surface area contributed by atoms with Crippen molar-refractivity contribution in [2.24, 2.45) is 11.3 Å². The third kappa shape index (κ3) is 4.39. The second-order valence-electron chi connectivity index (χ2n) is 11.2. The number of aromatic nitrogens is 2. The van der Waals surface area contributed by atoms with E-state index in [0.717, 1.165) is 42.4 Å². The van der Waals surface area contributed by atoms with Crippen LogP contribution < -0.4 is 4.74 Å². The SMILES string of the molecule is C[C@@H](O)[C@H]1C(=O)N2C(C(=O)O)=C(c3cn4cnc(S(C)(=O)=O)c4s3)[C@](C)(CCOC(=O)Oc3ccc4c(c3)CCC4)[C@@H]12. The number of aryl methyl sites for hydroxylation is 2. The first-order valence-corrected chi connectivity index (χ1v) is 16.1. The fourth-order valence-electron chi connectivity index (χ4n) is 6.56. The number of carbonyl (C=O) groups excluding carboxylic acids is 2. The molecule has 12 nitrogen and oxygen atoms in total. The summed E-state index contributed by atoms with van der Waals surface area (Å²) >= 11 is 1.04. The van der Waals surface area contributed by atoms with Gasteiger partial charge in [0.05, 0.1) is 29.5 Å². The number of fused-ring (bicyclic) bond motifs is 3. The molecule has 1 aromatic carbocycles. The van der Waals surface area contributed by atoms with Gasteiger partial charge in [0, 0.05) is 23.4 Å². The van der Waals surface area contributed by atoms with Crippen LogP contribution in [0.2, 0.25) is 0 Å². The number of imidazole rings is 1. The summed E-state index contributed by atoms with van der Waals surface area (Å²) in [7, 11) is -3.67. The summed E-state index contributed by atoms with van der Waals surface area (Å²) in [5.41, 5.74) is 1.33. The number of sulfone groups is 1. The minimum absolute atomic E-state index is 0.0973. The molecule has 2 aliphatic heterocycles. The van der Waals surface area contributed by atoms with Gasteiger partial charge in [0.2, 0.25) is 5.91 Å². The molecule has 4 atom stereocenters. The minimum Gasteiger partial charge on any atom is -0.477 e. The molecule has 1 amide bonds. The first-order chi connectivity index (χ1) is 19.8. The molecule has 222 valence electrons. The number of carboxylic acids is 1. The number of carbonyl (C=O) groups is 3. The van der Waals surface area contributed by atoms with Crippen LogP contribution in [0.4, 0.5) is 4.79 Å². The van der Waals surface area contributed by atoms with Crippen molar-refractivity contribution in [3.63, 3.8) is 0 Å². The molecule has 0 unspecified atom stereocenters. The summed E-state index contributed by atoms with van der Waals surface area (Å²) in [5.74, 6) is -2.37. The lowest BCUT2D eigenvalue weighted by atomic mass is 9.66. The highest BCUT2D eigenvalue weighted by Crippen LogP contribution is 2.60. The Morgan fingerprint density at radius 3 is 2.69 bits per heavy atom. The second-order valence-corrected chi connectivity index (χ2v) is 14.2. The topological polar surface area (TPSA) is 165 Å². The zero-order valence-electron chi connectivity index (χ0n) is 23.1. The smallest absolute Gasteiger partial charge is 0.477 e. The van der Waals surface area contributed by atoms with E-state index < -0.39 is 51.3 Å². The third-order valence-corrected chi connectivity index (χ3v) is 10.7. The van der Waals surface area contributed by atoms with Crippen molar-refractivity contribution in [2.45, 2.75) is 56.7 Å². The molecule has 42 heavy (non-hydrogen) atoms. The van der Waals surface area contributed by atoms with Crippen LogP contribution >= 0.6 is 11.3 Å². The largest absolute Gasteiger partial charge is 0.513 e. The van der Waals surface area contributed by atoms with E-state index in [0.29, 0.717) is 21.0 Å². The number of β-lactam (4-membered cyclic amide) rings is 1. The molecule has 2 aromatic heterocycles. The summed E-state index contributed by atoms with van der Waals surface area (Å²) in [4.78, 5) is 44.2. The molecule has 0 radical (unpaired) electrons. The number of aliphatic hydroxyl groups excluding tert-OH is 1. The van der Waals surface area contributed by atoms with E-state index in [9.17, 15) is 33.0 Å². The fraction of sp³-hybridized carbons (Fsp3) is 0.429. The number of amides is 1. The summed E-state index contributed by atoms with van der Waals surface area (Å²) in [6, 6.07) is 4.75. The molecule has 0 saturated carbocycles. The molecular formula is C28H29N3O9S2. The van der Waals surface area contributed by atoms with Crippen molar-refractivity contribution in [3.05, 3.63) is 52.4 Å². The third-order valence-electron chi connectivity index (χ3n) is 8.45. The van der Waals surface area contributed by atoms with Crippen LogP contribution in [0.25, 0.3) is 10.4 Å². The van der Waals surface area contributed by atoms with Crippen molar-refractivity contribution in [1.82, 2.24) is 14.3 Å². The number of carboxylic acid groups (broad SMARTS) is 1. The molecule has 0 spiro atoms. The summed E-state index contributed by atoms with van der Waals surface area (Å²) in [6.07, 6.45) is 5.03. The Morgan fingerprint density at radius 2 is 2.00 bits per heavy atom. The average Bonchev–Trinajstić information content (AvgIpc) is 3.64. The van der Waals surface area contributed by atoms with E-state index in [1.807, 2.05) is 12.1 Å². The van der Waals surface area contributed by atoms with Gasteiger partial charge >= 0.3 is 12.1 Å². The maximum atomic E-state index is 13.1. The summed E-state index contributed by atoms with van der Waals surface area (Å²) in [5, 5.41) is 20.6. The lowest BCUT2D eigenvalue weighted by Crippen LogP contribution is -2.66. The molecule has 6 rings (SSSR count). The van der Waals surface area contributed by atoms with Gasteiger partial charge in [0.1, 0.15) is 22.6 Å². The van der Waals surface area contributed by atoms with Crippen molar-refractivity contribution < 1.29 is 42.5 Å². The minimum atomic E-state index is -3.67. The number of benzene rings is 1.